The first-order valence-corrected chi connectivity index (χ1v) is 29.4. The van der Waals surface area contributed by atoms with Crippen molar-refractivity contribution in [3.8, 4) is 0 Å². The minimum atomic E-state index is -0.745. The lowest BCUT2D eigenvalue weighted by molar-refractivity contribution is -0.136. The standard InChI is InChI=1S/C26H37N5O3S2.C23H35N5O2S2.C3H6O2/c1-5-22(32)31-10-6-7-18(16-31)15-30-11-8-19(9-12-30)24(33)29-25-28-14-23(36-25)35-17-21-27-13-20(34-21)26(2,3)4;1-23(2,3)18-12-25-19(30-18)15-31-20-13-26-22(32-20)27-21(29)17-6-9-28(10-7-17)14-16-5-4-8-24-11-16;1-2-3(4)5/h5,13-14,18-19H,1,6-12,15-17H2,2-4H3,(H,28,29,33);12-13,16-17,24H,4-11,14-15H2,1-3H3,(H,26,27,29);2H2,1H3,(H,4,5). The number of anilines is 2. The molecule has 4 N–H and O–H groups in total. The van der Waals surface area contributed by atoms with E-state index < -0.39 is 5.97 Å². The number of rotatable bonds is 16. The zero-order chi connectivity index (χ0) is 52.5. The molecule has 0 saturated carbocycles. The molecule has 3 amide bonds. The summed E-state index contributed by atoms with van der Waals surface area (Å²) in [6.45, 7) is 27.8. The van der Waals surface area contributed by atoms with Crippen LogP contribution in [0.3, 0.4) is 0 Å². The highest BCUT2D eigenvalue weighted by molar-refractivity contribution is 8.00. The number of aliphatic carboxylic acids is 1. The summed E-state index contributed by atoms with van der Waals surface area (Å²) in [6, 6.07) is 0. The Morgan fingerprint density at radius 3 is 1.60 bits per heavy atom. The van der Waals surface area contributed by atoms with Gasteiger partial charge >= 0.3 is 5.97 Å². The summed E-state index contributed by atoms with van der Waals surface area (Å²) in [5.41, 5.74) is -0.0992. The summed E-state index contributed by atoms with van der Waals surface area (Å²) in [5, 5.41) is 18.6. The third kappa shape index (κ3) is 19.2. The van der Waals surface area contributed by atoms with Crippen LogP contribution in [-0.4, -0.2) is 129 Å². The van der Waals surface area contributed by atoms with Gasteiger partial charge in [0, 0.05) is 55.3 Å². The molecule has 4 aromatic heterocycles. The Balaban J connectivity index is 0.000000219. The van der Waals surface area contributed by atoms with Crippen LogP contribution in [0, 0.1) is 23.7 Å². The molecule has 0 aromatic carbocycles. The van der Waals surface area contributed by atoms with Crippen LogP contribution in [0.25, 0.3) is 0 Å². The Morgan fingerprint density at radius 1 is 0.726 bits per heavy atom. The van der Waals surface area contributed by atoms with Gasteiger partial charge in [0.2, 0.25) is 29.5 Å². The van der Waals surface area contributed by atoms with Gasteiger partial charge in [-0.1, -0.05) is 77.7 Å². The predicted molar refractivity (Wildman–Crippen MR) is 292 cm³/mol. The summed E-state index contributed by atoms with van der Waals surface area (Å²) >= 11 is 6.25. The minimum Gasteiger partial charge on any atom is -0.481 e. The molecule has 4 fully saturated rings. The second kappa shape index (κ2) is 28.1. The van der Waals surface area contributed by atoms with Crippen molar-refractivity contribution in [1.82, 2.24) is 40.0 Å². The van der Waals surface area contributed by atoms with Crippen LogP contribution in [0.15, 0.2) is 54.7 Å². The summed E-state index contributed by atoms with van der Waals surface area (Å²) in [6.07, 6.45) is 17.2. The molecule has 4 saturated heterocycles. The molecule has 4 aromatic rings. The SMILES string of the molecule is C=CC(=O)N1CCCC(CN2CCC(C(=O)Nc3ncc(SCc4ncc(C(C)(C)C)o4)s3)CC2)C1.CC(C)(C)c1cnc(CSc2cnc(NC(=O)C3CCN(CC4CCCNC4)CC3)s2)o1.CCC(=O)O. The lowest BCUT2D eigenvalue weighted by atomic mass is 9.93. The third-order valence-corrected chi connectivity index (χ3v) is 17.5. The average Bonchev–Trinajstić information content (AvgIpc) is 4.23. The van der Waals surface area contributed by atoms with Crippen molar-refractivity contribution in [2.45, 2.75) is 137 Å². The molecule has 0 bridgehead atoms. The second-order valence-electron chi connectivity index (χ2n) is 21.4. The highest BCUT2D eigenvalue weighted by Gasteiger charge is 2.31. The van der Waals surface area contributed by atoms with Crippen LogP contribution in [0.1, 0.15) is 130 Å². The van der Waals surface area contributed by atoms with E-state index in [0.29, 0.717) is 33.6 Å². The normalized spacial score (nSPS) is 19.5. The van der Waals surface area contributed by atoms with Gasteiger partial charge in [-0.15, -0.1) is 23.5 Å². The van der Waals surface area contributed by atoms with E-state index in [0.717, 1.165) is 136 Å². The number of hydrogen-bond acceptors (Lipinski definition) is 17. The van der Waals surface area contributed by atoms with Gasteiger partial charge in [-0.05, 0) is 109 Å². The smallest absolute Gasteiger partial charge is 0.303 e. The first kappa shape index (κ1) is 58.1. The number of thiazole rings is 2. The number of carbonyl (C=O) groups is 4. The van der Waals surface area contributed by atoms with Crippen LogP contribution in [0.4, 0.5) is 10.3 Å². The molecule has 4 aliphatic rings. The number of hydrogen-bond donors (Lipinski definition) is 4. The fourth-order valence-electron chi connectivity index (χ4n) is 9.00. The molecule has 21 heteroatoms. The summed E-state index contributed by atoms with van der Waals surface area (Å²) in [4.78, 5) is 71.3. The maximum absolute atomic E-state index is 12.9. The van der Waals surface area contributed by atoms with Gasteiger partial charge in [-0.2, -0.15) is 0 Å². The number of likely N-dealkylation sites (tertiary alicyclic amines) is 3. The molecule has 0 radical (unpaired) electrons. The Hall–Kier alpha value is -4.12. The number of carboxylic acid groups (broad SMARTS) is 1. The zero-order valence-corrected chi connectivity index (χ0v) is 47.2. The summed E-state index contributed by atoms with van der Waals surface area (Å²) in [7, 11) is 0. The van der Waals surface area contributed by atoms with Crippen molar-refractivity contribution >= 4 is 80.2 Å². The van der Waals surface area contributed by atoms with E-state index in [9.17, 15) is 19.2 Å². The predicted octanol–water partition coefficient (Wildman–Crippen LogP) is 9.65. The van der Waals surface area contributed by atoms with E-state index in [-0.39, 0.29) is 46.8 Å². The number of oxazole rings is 2. The van der Waals surface area contributed by atoms with Crippen molar-refractivity contribution in [2.75, 3.05) is 76.1 Å². The van der Waals surface area contributed by atoms with Gasteiger partial charge in [0.15, 0.2) is 10.3 Å². The van der Waals surface area contributed by atoms with Crippen LogP contribution in [0.5, 0.6) is 0 Å². The molecule has 17 nitrogen and oxygen atoms in total. The fraction of sp³-hybridized carbons (Fsp3) is 0.654. The molecule has 8 heterocycles. The lowest BCUT2D eigenvalue weighted by Crippen LogP contribution is -2.45. The number of amides is 3. The van der Waals surface area contributed by atoms with Crippen LogP contribution in [0.2, 0.25) is 0 Å². The van der Waals surface area contributed by atoms with Gasteiger partial charge in [0.1, 0.15) is 11.5 Å². The van der Waals surface area contributed by atoms with E-state index in [1.807, 2.05) is 17.3 Å². The maximum Gasteiger partial charge on any atom is 0.303 e. The van der Waals surface area contributed by atoms with Crippen molar-refractivity contribution < 1.29 is 33.1 Å². The summed E-state index contributed by atoms with van der Waals surface area (Å²) < 4.78 is 13.8. The number of carbonyl (C=O) groups excluding carboxylic acids is 3. The van der Waals surface area contributed by atoms with Crippen LogP contribution >= 0.6 is 46.2 Å². The molecule has 4 aliphatic heterocycles. The van der Waals surface area contributed by atoms with E-state index in [4.69, 9.17) is 13.9 Å². The molecule has 0 spiro atoms. The third-order valence-electron chi connectivity index (χ3n) is 13.3. The fourth-order valence-corrected chi connectivity index (χ4v) is 12.5. The van der Waals surface area contributed by atoms with Crippen LogP contribution < -0.4 is 16.0 Å². The van der Waals surface area contributed by atoms with Crippen molar-refractivity contribution in [3.63, 3.8) is 0 Å². The van der Waals surface area contributed by atoms with Gasteiger partial charge in [0.05, 0.1) is 44.7 Å². The summed E-state index contributed by atoms with van der Waals surface area (Å²) in [5.74, 6) is 5.28. The average molecular weight is 1080 g/mol. The molecule has 2 atom stereocenters. The van der Waals surface area contributed by atoms with Crippen molar-refractivity contribution in [2.24, 2.45) is 23.7 Å². The van der Waals surface area contributed by atoms with Crippen molar-refractivity contribution in [1.29, 1.82) is 0 Å². The first-order valence-electron chi connectivity index (χ1n) is 25.8. The van der Waals surface area contributed by atoms with E-state index in [1.54, 1.807) is 42.8 Å². The number of aromatic nitrogens is 4. The molecular formula is C52H78N10O7S4. The molecule has 73 heavy (non-hydrogen) atoms. The van der Waals surface area contributed by atoms with Crippen LogP contribution in [-0.2, 0) is 41.5 Å². The molecular weight excluding hydrogens is 1000 g/mol. The topological polar surface area (TPSA) is 212 Å². The monoisotopic (exact) mass is 1080 g/mol. The quantitative estimate of drug-likeness (QED) is 0.0607. The highest BCUT2D eigenvalue weighted by Crippen LogP contribution is 2.34. The molecule has 2 unspecified atom stereocenters. The molecule has 0 aliphatic carbocycles. The van der Waals surface area contributed by atoms with Gasteiger partial charge in [-0.3, -0.25) is 19.2 Å². The molecule has 402 valence electrons. The Bertz CT molecular complexity index is 2370. The zero-order valence-electron chi connectivity index (χ0n) is 43.9. The minimum absolute atomic E-state index is 0.00888. The van der Waals surface area contributed by atoms with E-state index in [2.05, 4.69) is 93.8 Å². The number of thioether (sulfide) groups is 2. The van der Waals surface area contributed by atoms with Crippen molar-refractivity contribution in [3.05, 3.63) is 60.7 Å². The number of carboxylic acids is 1. The number of nitrogens with zero attached hydrogens (tertiary/aromatic N) is 7. The largest absolute Gasteiger partial charge is 0.481 e. The number of nitrogens with one attached hydrogen (secondary N) is 3. The number of piperidine rings is 4. The van der Waals surface area contributed by atoms with Gasteiger partial charge in [-0.25, -0.2) is 19.9 Å². The first-order chi connectivity index (χ1) is 34.8. The van der Waals surface area contributed by atoms with E-state index >= 15 is 0 Å². The highest BCUT2D eigenvalue weighted by atomic mass is 32.2. The van der Waals surface area contributed by atoms with E-state index in [1.165, 1.54) is 41.6 Å². The van der Waals surface area contributed by atoms with Gasteiger partial charge < -0.3 is 44.6 Å². The lowest BCUT2D eigenvalue weighted by Gasteiger charge is -2.37. The maximum atomic E-state index is 12.9. The molecule has 8 rings (SSSR count). The second-order valence-corrected chi connectivity index (χ2v) is 26.0. The Kier molecular flexibility index (Phi) is 22.4. The van der Waals surface area contributed by atoms with Gasteiger partial charge in [0.25, 0.3) is 0 Å². The Morgan fingerprint density at radius 2 is 1.19 bits per heavy atom. The Labute approximate surface area is 448 Å².